The quantitative estimate of drug-likeness (QED) is 0.777. The monoisotopic (exact) mass is 390 g/mol. The summed E-state index contributed by atoms with van der Waals surface area (Å²) < 4.78 is 36.0. The third kappa shape index (κ3) is 3.80. The van der Waals surface area contributed by atoms with E-state index in [1.54, 1.807) is 17.5 Å². The van der Waals surface area contributed by atoms with Crippen LogP contribution in [-0.4, -0.2) is 66.3 Å². The summed E-state index contributed by atoms with van der Waals surface area (Å²) in [5, 5.41) is 4.05. The number of sulfonamides is 1. The van der Waals surface area contributed by atoms with Crippen LogP contribution in [0.1, 0.15) is 24.4 Å². The molecule has 0 unspecified atom stereocenters. The highest BCUT2D eigenvalue weighted by Crippen LogP contribution is 2.35. The molecule has 2 saturated heterocycles. The van der Waals surface area contributed by atoms with Gasteiger partial charge in [-0.15, -0.1) is 0 Å². The molecule has 0 aliphatic carbocycles. The summed E-state index contributed by atoms with van der Waals surface area (Å²) in [5.74, 6) is 0. The van der Waals surface area contributed by atoms with E-state index in [0.717, 1.165) is 25.2 Å². The summed E-state index contributed by atoms with van der Waals surface area (Å²) in [7, 11) is -1.93. The van der Waals surface area contributed by atoms with E-state index in [2.05, 4.69) is 10.00 Å². The van der Waals surface area contributed by atoms with E-state index in [4.69, 9.17) is 4.74 Å². The molecule has 2 aromatic rings. The van der Waals surface area contributed by atoms with Crippen LogP contribution in [0, 0.1) is 0 Å². The van der Waals surface area contributed by atoms with Gasteiger partial charge in [-0.2, -0.15) is 9.40 Å². The molecule has 2 aliphatic rings. The van der Waals surface area contributed by atoms with Crippen LogP contribution in [0.5, 0.6) is 0 Å². The predicted molar refractivity (Wildman–Crippen MR) is 102 cm³/mol. The molecule has 0 amide bonds. The molecule has 0 saturated carbocycles. The number of nitrogens with zero attached hydrogens (tertiary/aromatic N) is 4. The van der Waals surface area contributed by atoms with Crippen LogP contribution in [0.4, 0.5) is 0 Å². The third-order valence-corrected chi connectivity index (χ3v) is 7.21. The maximum Gasteiger partial charge on any atom is 0.246 e. The highest BCUT2D eigenvalue weighted by atomic mass is 32.2. The second-order valence-corrected chi connectivity index (χ2v) is 9.13. The Hall–Kier alpha value is -1.74. The van der Waals surface area contributed by atoms with Crippen molar-refractivity contribution in [2.75, 3.05) is 32.8 Å². The van der Waals surface area contributed by atoms with Crippen LogP contribution in [0.3, 0.4) is 0 Å². The van der Waals surface area contributed by atoms with Gasteiger partial charge in [0.15, 0.2) is 0 Å². The van der Waals surface area contributed by atoms with Crippen LogP contribution in [-0.2, 0) is 21.8 Å². The molecule has 1 aromatic carbocycles. The van der Waals surface area contributed by atoms with Crippen molar-refractivity contribution >= 4 is 10.0 Å². The molecule has 3 heterocycles. The van der Waals surface area contributed by atoms with Gasteiger partial charge in [0.25, 0.3) is 0 Å². The Morgan fingerprint density at radius 2 is 1.89 bits per heavy atom. The summed E-state index contributed by atoms with van der Waals surface area (Å²) in [4.78, 5) is 2.61. The van der Waals surface area contributed by atoms with Gasteiger partial charge in [-0.25, -0.2) is 8.42 Å². The molecule has 8 heteroatoms. The minimum absolute atomic E-state index is 0.189. The summed E-state index contributed by atoms with van der Waals surface area (Å²) in [6, 6.07) is 9.48. The van der Waals surface area contributed by atoms with Crippen LogP contribution in [0.2, 0.25) is 0 Å². The lowest BCUT2D eigenvalue weighted by molar-refractivity contribution is -0.0542. The normalized spacial score (nSPS) is 25.1. The summed E-state index contributed by atoms with van der Waals surface area (Å²) in [5.41, 5.74) is 0.967. The Balaban J connectivity index is 1.69. The molecule has 0 bridgehead atoms. The lowest BCUT2D eigenvalue weighted by Crippen LogP contribution is -2.51. The molecule has 0 spiro atoms. The minimum Gasteiger partial charge on any atom is -0.373 e. The fraction of sp³-hybridized carbons (Fsp3) is 0.526. The molecular formula is C19H26N4O3S. The third-order valence-electron chi connectivity index (χ3n) is 5.37. The summed E-state index contributed by atoms with van der Waals surface area (Å²) in [6.07, 6.45) is 5.18. The van der Waals surface area contributed by atoms with E-state index in [1.165, 1.54) is 23.7 Å². The molecule has 2 atom stereocenters. The first-order chi connectivity index (χ1) is 13.1. The molecule has 27 heavy (non-hydrogen) atoms. The zero-order chi connectivity index (χ0) is 18.9. The van der Waals surface area contributed by atoms with Gasteiger partial charge in [0.2, 0.25) is 10.0 Å². The number of morpholine rings is 1. The van der Waals surface area contributed by atoms with Gasteiger partial charge in [0.1, 0.15) is 4.90 Å². The summed E-state index contributed by atoms with van der Waals surface area (Å²) >= 11 is 0. The number of aryl methyl sites for hydroxylation is 1. The number of benzene rings is 1. The number of rotatable bonds is 5. The molecule has 146 valence electrons. The van der Waals surface area contributed by atoms with E-state index in [-0.39, 0.29) is 17.0 Å². The Morgan fingerprint density at radius 1 is 1.15 bits per heavy atom. The van der Waals surface area contributed by atoms with Crippen LogP contribution >= 0.6 is 0 Å². The van der Waals surface area contributed by atoms with Crippen molar-refractivity contribution in [3.05, 3.63) is 48.3 Å². The first-order valence-electron chi connectivity index (χ1n) is 9.45. The largest absolute Gasteiger partial charge is 0.373 e. The van der Waals surface area contributed by atoms with Gasteiger partial charge in [0.05, 0.1) is 24.9 Å². The summed E-state index contributed by atoms with van der Waals surface area (Å²) in [6.45, 7) is 3.60. The van der Waals surface area contributed by atoms with Gasteiger partial charge in [0, 0.05) is 26.3 Å². The fourth-order valence-corrected chi connectivity index (χ4v) is 5.66. The molecule has 7 nitrogen and oxygen atoms in total. The second-order valence-electron chi connectivity index (χ2n) is 7.24. The first kappa shape index (κ1) is 18.6. The fourth-order valence-electron chi connectivity index (χ4n) is 4.05. The van der Waals surface area contributed by atoms with E-state index < -0.39 is 10.0 Å². The average Bonchev–Trinajstić information content (AvgIpc) is 3.34. The Bertz CT molecular complexity index is 862. The zero-order valence-electron chi connectivity index (χ0n) is 15.6. The van der Waals surface area contributed by atoms with Crippen LogP contribution < -0.4 is 0 Å². The van der Waals surface area contributed by atoms with Gasteiger partial charge >= 0.3 is 0 Å². The maximum absolute atomic E-state index is 13.4. The number of aromatic nitrogens is 2. The van der Waals surface area contributed by atoms with Crippen molar-refractivity contribution in [1.82, 2.24) is 19.0 Å². The van der Waals surface area contributed by atoms with Gasteiger partial charge < -0.3 is 9.64 Å². The number of hydrogen-bond donors (Lipinski definition) is 0. The Labute approximate surface area is 160 Å². The molecule has 2 aliphatic heterocycles. The Kier molecular flexibility index (Phi) is 5.32. The standard InChI is InChI=1S/C19H26N4O3S/c1-21-14-17(13-20-21)27(24,25)23-11-12-26-18(15-22-9-5-6-10-22)19(23)16-7-3-2-4-8-16/h2-4,7-8,13-14,18-19H,5-6,9-12,15H2,1H3/t18-,19-/m0/s1. The first-order valence-corrected chi connectivity index (χ1v) is 10.9. The van der Waals surface area contributed by atoms with Crippen LogP contribution in [0.15, 0.2) is 47.6 Å². The minimum atomic E-state index is -3.65. The van der Waals surface area contributed by atoms with Crippen molar-refractivity contribution in [1.29, 1.82) is 0 Å². The lowest BCUT2D eigenvalue weighted by atomic mass is 9.99. The molecule has 1 aromatic heterocycles. The molecule has 2 fully saturated rings. The molecule has 4 rings (SSSR count). The molecular weight excluding hydrogens is 364 g/mol. The zero-order valence-corrected chi connectivity index (χ0v) is 16.4. The smallest absolute Gasteiger partial charge is 0.246 e. The van der Waals surface area contributed by atoms with E-state index in [0.29, 0.717) is 13.2 Å². The number of hydrogen-bond acceptors (Lipinski definition) is 5. The van der Waals surface area contributed by atoms with Crippen molar-refractivity contribution in [3.8, 4) is 0 Å². The predicted octanol–water partition coefficient (Wildman–Crippen LogP) is 1.65. The highest BCUT2D eigenvalue weighted by molar-refractivity contribution is 7.89. The number of ether oxygens (including phenoxy) is 1. The molecule has 0 N–H and O–H groups in total. The van der Waals surface area contributed by atoms with E-state index >= 15 is 0 Å². The lowest BCUT2D eigenvalue weighted by Gasteiger charge is -2.41. The Morgan fingerprint density at radius 3 is 2.56 bits per heavy atom. The SMILES string of the molecule is Cn1cc(S(=O)(=O)N2CCO[C@@H](CN3CCCC3)[C@@H]2c2ccccc2)cn1. The average molecular weight is 391 g/mol. The second kappa shape index (κ2) is 7.71. The van der Waals surface area contributed by atoms with Crippen molar-refractivity contribution in [2.45, 2.75) is 29.9 Å². The molecule has 0 radical (unpaired) electrons. The van der Waals surface area contributed by atoms with Crippen molar-refractivity contribution < 1.29 is 13.2 Å². The van der Waals surface area contributed by atoms with Gasteiger partial charge in [-0.1, -0.05) is 30.3 Å². The van der Waals surface area contributed by atoms with E-state index in [9.17, 15) is 8.42 Å². The van der Waals surface area contributed by atoms with Gasteiger partial charge in [-0.3, -0.25) is 4.68 Å². The van der Waals surface area contributed by atoms with Crippen LogP contribution in [0.25, 0.3) is 0 Å². The number of likely N-dealkylation sites (tertiary alicyclic amines) is 1. The van der Waals surface area contributed by atoms with Gasteiger partial charge in [-0.05, 0) is 31.5 Å². The maximum atomic E-state index is 13.4. The van der Waals surface area contributed by atoms with E-state index in [1.807, 2.05) is 30.3 Å². The van der Waals surface area contributed by atoms with Crippen molar-refractivity contribution in [2.24, 2.45) is 7.05 Å². The van der Waals surface area contributed by atoms with Crippen molar-refractivity contribution in [3.63, 3.8) is 0 Å². The topological polar surface area (TPSA) is 67.7 Å². The highest BCUT2D eigenvalue weighted by Gasteiger charge is 2.42.